The molecule has 0 bridgehead atoms. The summed E-state index contributed by atoms with van der Waals surface area (Å²) in [4.78, 5) is 12.1. The molecule has 4 nitrogen and oxygen atoms in total. The van der Waals surface area contributed by atoms with E-state index in [1.165, 1.54) is 0 Å². The molecule has 0 saturated heterocycles. The predicted octanol–water partition coefficient (Wildman–Crippen LogP) is 3.13. The van der Waals surface area contributed by atoms with Gasteiger partial charge in [0.2, 0.25) is 0 Å². The maximum atomic E-state index is 12.1. The van der Waals surface area contributed by atoms with Crippen LogP contribution in [-0.2, 0) is 0 Å². The molecule has 2 aromatic carbocycles. The first-order chi connectivity index (χ1) is 10.1. The minimum Gasteiger partial charge on any atom is -0.497 e. The van der Waals surface area contributed by atoms with E-state index in [1.54, 1.807) is 31.4 Å². The number of rotatable bonds is 3. The zero-order chi connectivity index (χ0) is 15.2. The number of nitrogens with one attached hydrogen (secondary N) is 2. The van der Waals surface area contributed by atoms with Gasteiger partial charge in [-0.25, -0.2) is 0 Å². The van der Waals surface area contributed by atoms with Crippen molar-refractivity contribution >= 4 is 28.9 Å². The third-order valence-electron chi connectivity index (χ3n) is 2.83. The minimum absolute atomic E-state index is 0.258. The number of anilines is 1. The van der Waals surface area contributed by atoms with E-state index in [4.69, 9.17) is 17.0 Å². The van der Waals surface area contributed by atoms with Crippen LogP contribution in [-0.4, -0.2) is 18.1 Å². The highest BCUT2D eigenvalue weighted by Gasteiger charge is 2.08. The van der Waals surface area contributed by atoms with Crippen molar-refractivity contribution in [2.75, 3.05) is 12.4 Å². The summed E-state index contributed by atoms with van der Waals surface area (Å²) < 4.78 is 5.09. The van der Waals surface area contributed by atoms with Crippen molar-refractivity contribution in [3.8, 4) is 5.75 Å². The molecule has 0 fully saturated rings. The van der Waals surface area contributed by atoms with E-state index in [0.29, 0.717) is 11.3 Å². The molecule has 2 aromatic rings. The summed E-state index contributed by atoms with van der Waals surface area (Å²) in [6.07, 6.45) is 0. The summed E-state index contributed by atoms with van der Waals surface area (Å²) in [5, 5.41) is 5.88. The molecule has 0 aliphatic carbocycles. The summed E-state index contributed by atoms with van der Waals surface area (Å²) in [6, 6.07) is 14.6. The van der Waals surface area contributed by atoms with Gasteiger partial charge in [0.1, 0.15) is 5.75 Å². The van der Waals surface area contributed by atoms with E-state index in [9.17, 15) is 4.79 Å². The van der Waals surface area contributed by atoms with Gasteiger partial charge in [-0.05, 0) is 55.0 Å². The van der Waals surface area contributed by atoms with Crippen molar-refractivity contribution in [2.45, 2.75) is 6.92 Å². The van der Waals surface area contributed by atoms with Crippen molar-refractivity contribution < 1.29 is 9.53 Å². The van der Waals surface area contributed by atoms with Gasteiger partial charge in [-0.2, -0.15) is 0 Å². The lowest BCUT2D eigenvalue weighted by molar-refractivity contribution is 0.0977. The van der Waals surface area contributed by atoms with Gasteiger partial charge in [-0.1, -0.05) is 18.2 Å². The summed E-state index contributed by atoms with van der Waals surface area (Å²) >= 11 is 5.14. The highest BCUT2D eigenvalue weighted by Crippen LogP contribution is 2.13. The Balaban J connectivity index is 2.00. The molecule has 0 saturated carbocycles. The molecular weight excluding hydrogens is 284 g/mol. The third kappa shape index (κ3) is 4.29. The summed E-state index contributed by atoms with van der Waals surface area (Å²) in [6.45, 7) is 1.99. The highest BCUT2D eigenvalue weighted by molar-refractivity contribution is 7.80. The Morgan fingerprint density at radius 3 is 2.62 bits per heavy atom. The van der Waals surface area contributed by atoms with Crippen LogP contribution >= 0.6 is 12.2 Å². The molecule has 0 aliphatic rings. The number of thiocarbonyl (C=S) groups is 1. The molecule has 108 valence electrons. The number of amides is 1. The summed E-state index contributed by atoms with van der Waals surface area (Å²) in [5.74, 6) is 0.347. The molecule has 1 amide bonds. The van der Waals surface area contributed by atoms with Gasteiger partial charge >= 0.3 is 0 Å². The van der Waals surface area contributed by atoms with Gasteiger partial charge in [-0.15, -0.1) is 0 Å². The summed E-state index contributed by atoms with van der Waals surface area (Å²) in [7, 11) is 1.56. The Morgan fingerprint density at radius 1 is 1.14 bits per heavy atom. The Labute approximate surface area is 129 Å². The lowest BCUT2D eigenvalue weighted by Gasteiger charge is -2.10. The molecule has 0 radical (unpaired) electrons. The smallest absolute Gasteiger partial charge is 0.257 e. The number of carbonyl (C=O) groups excluding carboxylic acids is 1. The normalized spacial score (nSPS) is 9.81. The van der Waals surface area contributed by atoms with E-state index in [2.05, 4.69) is 10.6 Å². The number of ether oxygens (including phenoxy) is 1. The van der Waals surface area contributed by atoms with Crippen LogP contribution in [0.5, 0.6) is 5.75 Å². The maximum absolute atomic E-state index is 12.1. The van der Waals surface area contributed by atoms with E-state index in [1.807, 2.05) is 31.2 Å². The molecule has 0 heterocycles. The molecule has 0 unspecified atom stereocenters. The van der Waals surface area contributed by atoms with Crippen molar-refractivity contribution in [1.29, 1.82) is 0 Å². The van der Waals surface area contributed by atoms with Crippen molar-refractivity contribution in [3.63, 3.8) is 0 Å². The Bertz CT molecular complexity index is 671. The molecule has 2 N–H and O–H groups in total. The second kappa shape index (κ2) is 6.85. The van der Waals surface area contributed by atoms with Crippen LogP contribution < -0.4 is 15.4 Å². The van der Waals surface area contributed by atoms with Gasteiger partial charge in [0.05, 0.1) is 7.11 Å². The lowest BCUT2D eigenvalue weighted by atomic mass is 10.2. The third-order valence-corrected chi connectivity index (χ3v) is 3.04. The van der Waals surface area contributed by atoms with Crippen LogP contribution in [0.2, 0.25) is 0 Å². The van der Waals surface area contributed by atoms with Crippen LogP contribution in [0.25, 0.3) is 0 Å². The number of hydrogen-bond donors (Lipinski definition) is 2. The van der Waals surface area contributed by atoms with Crippen molar-refractivity contribution in [3.05, 3.63) is 59.7 Å². The van der Waals surface area contributed by atoms with Gasteiger partial charge in [0, 0.05) is 11.3 Å². The van der Waals surface area contributed by atoms with E-state index < -0.39 is 0 Å². The van der Waals surface area contributed by atoms with Gasteiger partial charge in [0.25, 0.3) is 5.91 Å². The van der Waals surface area contributed by atoms with Crippen LogP contribution in [0.4, 0.5) is 5.69 Å². The van der Waals surface area contributed by atoms with E-state index in [0.717, 1.165) is 11.3 Å². The molecule has 0 atom stereocenters. The molecule has 2 rings (SSSR count). The fourth-order valence-electron chi connectivity index (χ4n) is 1.82. The quantitative estimate of drug-likeness (QED) is 0.855. The SMILES string of the molecule is COc1cccc(C(=O)NC(=S)Nc2cccc(C)c2)c1. The number of methoxy groups -OCH3 is 1. The standard InChI is InChI=1S/C16H16N2O2S/c1-11-5-3-7-13(9-11)17-16(21)18-15(19)12-6-4-8-14(10-12)20-2/h3-10H,1-2H3,(H2,17,18,19,21). The zero-order valence-electron chi connectivity index (χ0n) is 11.8. The molecule has 0 aliphatic heterocycles. The minimum atomic E-state index is -0.279. The van der Waals surface area contributed by atoms with Crippen LogP contribution in [0.15, 0.2) is 48.5 Å². The highest BCUT2D eigenvalue weighted by atomic mass is 32.1. The van der Waals surface area contributed by atoms with E-state index in [-0.39, 0.29) is 11.0 Å². The number of benzene rings is 2. The van der Waals surface area contributed by atoms with Gasteiger partial charge < -0.3 is 10.1 Å². The topological polar surface area (TPSA) is 50.4 Å². The molecule has 0 aromatic heterocycles. The lowest BCUT2D eigenvalue weighted by Crippen LogP contribution is -2.34. The molecular formula is C16H16N2O2S. The summed E-state index contributed by atoms with van der Waals surface area (Å²) in [5.41, 5.74) is 2.44. The first kappa shape index (κ1) is 15.0. The van der Waals surface area contributed by atoms with Crippen LogP contribution in [0, 0.1) is 6.92 Å². The average molecular weight is 300 g/mol. The first-order valence-electron chi connectivity index (χ1n) is 6.41. The second-order valence-corrected chi connectivity index (χ2v) is 4.92. The van der Waals surface area contributed by atoms with Crippen molar-refractivity contribution in [2.24, 2.45) is 0 Å². The maximum Gasteiger partial charge on any atom is 0.257 e. The van der Waals surface area contributed by atoms with Crippen LogP contribution in [0.3, 0.4) is 0 Å². The molecule has 0 spiro atoms. The Morgan fingerprint density at radius 2 is 1.90 bits per heavy atom. The largest absolute Gasteiger partial charge is 0.497 e. The average Bonchev–Trinajstić information content (AvgIpc) is 2.47. The number of aryl methyl sites for hydroxylation is 1. The molecule has 21 heavy (non-hydrogen) atoms. The monoisotopic (exact) mass is 300 g/mol. The van der Waals surface area contributed by atoms with E-state index >= 15 is 0 Å². The Kier molecular flexibility index (Phi) is 4.90. The van der Waals surface area contributed by atoms with Crippen LogP contribution in [0.1, 0.15) is 15.9 Å². The Hall–Kier alpha value is -2.40. The van der Waals surface area contributed by atoms with Crippen molar-refractivity contribution in [1.82, 2.24) is 5.32 Å². The number of carbonyl (C=O) groups is 1. The second-order valence-electron chi connectivity index (χ2n) is 4.51. The fraction of sp³-hybridized carbons (Fsp3) is 0.125. The first-order valence-corrected chi connectivity index (χ1v) is 6.82. The van der Waals surface area contributed by atoms with Gasteiger partial charge in [0.15, 0.2) is 5.11 Å². The number of hydrogen-bond acceptors (Lipinski definition) is 3. The predicted molar refractivity (Wildman–Crippen MR) is 87.9 cm³/mol. The fourth-order valence-corrected chi connectivity index (χ4v) is 2.04. The zero-order valence-corrected chi connectivity index (χ0v) is 12.7. The van der Waals surface area contributed by atoms with Gasteiger partial charge in [-0.3, -0.25) is 10.1 Å². The molecule has 5 heteroatoms.